The van der Waals surface area contributed by atoms with Crippen LogP contribution in [0.3, 0.4) is 0 Å². The molecule has 0 spiro atoms. The van der Waals surface area contributed by atoms with E-state index in [9.17, 15) is 4.79 Å². The lowest BCUT2D eigenvalue weighted by Crippen LogP contribution is -2.48. The van der Waals surface area contributed by atoms with Crippen LogP contribution in [0.1, 0.15) is 15.9 Å². The zero-order valence-electron chi connectivity index (χ0n) is 18.4. The Hall–Kier alpha value is -3.68. The van der Waals surface area contributed by atoms with Crippen LogP contribution in [-0.2, 0) is 16.1 Å². The Kier molecular flexibility index (Phi) is 8.79. The summed E-state index contributed by atoms with van der Waals surface area (Å²) in [5.74, 6) is -3.54. The summed E-state index contributed by atoms with van der Waals surface area (Å²) in [5, 5.41) is 15.6. The van der Waals surface area contributed by atoms with E-state index in [1.165, 1.54) is 0 Å². The average Bonchev–Trinajstić information content (AvgIpc) is 2.86. The van der Waals surface area contributed by atoms with Gasteiger partial charge < -0.3 is 15.1 Å². The molecule has 0 aromatic heterocycles. The van der Waals surface area contributed by atoms with E-state index in [4.69, 9.17) is 31.4 Å². The van der Waals surface area contributed by atoms with Crippen molar-refractivity contribution in [2.45, 2.75) is 6.54 Å². The number of amides is 1. The molecule has 1 saturated heterocycles. The number of hydrogen-bond acceptors (Lipinski definition) is 4. The molecule has 1 aliphatic rings. The quantitative estimate of drug-likeness (QED) is 0.545. The molecular formula is C26H25ClN2O5. The number of carboxylic acid groups (broad SMARTS) is 2. The summed E-state index contributed by atoms with van der Waals surface area (Å²) in [7, 11) is 0. The van der Waals surface area contributed by atoms with Gasteiger partial charge in [-0.3, -0.25) is 9.69 Å². The number of rotatable bonds is 4. The molecule has 0 bridgehead atoms. The average molecular weight is 481 g/mol. The Bertz CT molecular complexity index is 1120. The highest BCUT2D eigenvalue weighted by molar-refractivity contribution is 6.31. The molecule has 1 heterocycles. The van der Waals surface area contributed by atoms with Crippen LogP contribution in [0.15, 0.2) is 78.9 Å². The van der Waals surface area contributed by atoms with Crippen LogP contribution in [0.25, 0.3) is 11.1 Å². The number of halogens is 1. The molecule has 1 aliphatic heterocycles. The van der Waals surface area contributed by atoms with Gasteiger partial charge >= 0.3 is 11.9 Å². The van der Waals surface area contributed by atoms with Crippen molar-refractivity contribution < 1.29 is 24.6 Å². The highest BCUT2D eigenvalue weighted by Crippen LogP contribution is 2.21. The first-order chi connectivity index (χ1) is 16.3. The van der Waals surface area contributed by atoms with Gasteiger partial charge in [0.25, 0.3) is 5.91 Å². The third-order valence-corrected chi connectivity index (χ3v) is 5.80. The van der Waals surface area contributed by atoms with Crippen LogP contribution < -0.4 is 0 Å². The minimum Gasteiger partial charge on any atom is -0.473 e. The molecule has 8 heteroatoms. The summed E-state index contributed by atoms with van der Waals surface area (Å²) >= 11 is 6.27. The fourth-order valence-electron chi connectivity index (χ4n) is 3.60. The van der Waals surface area contributed by atoms with Crippen molar-refractivity contribution in [1.82, 2.24) is 9.80 Å². The summed E-state index contributed by atoms with van der Waals surface area (Å²) in [6, 6.07) is 26.1. The molecule has 4 rings (SSSR count). The van der Waals surface area contributed by atoms with Crippen molar-refractivity contribution in [3.05, 3.63) is 95.0 Å². The summed E-state index contributed by atoms with van der Waals surface area (Å²) in [4.78, 5) is 35.3. The Morgan fingerprint density at radius 2 is 1.24 bits per heavy atom. The summed E-state index contributed by atoms with van der Waals surface area (Å²) < 4.78 is 0. The molecule has 0 saturated carbocycles. The molecule has 0 unspecified atom stereocenters. The predicted molar refractivity (Wildman–Crippen MR) is 130 cm³/mol. The second kappa shape index (κ2) is 12.0. The predicted octanol–water partition coefficient (Wildman–Crippen LogP) is 4.12. The second-order valence-corrected chi connectivity index (χ2v) is 8.12. The molecule has 3 aromatic rings. The minimum atomic E-state index is -1.82. The zero-order chi connectivity index (χ0) is 24.5. The maximum atomic E-state index is 12.9. The molecule has 0 atom stereocenters. The molecule has 0 aliphatic carbocycles. The van der Waals surface area contributed by atoms with Crippen molar-refractivity contribution in [3.63, 3.8) is 0 Å². The number of hydrogen-bond donors (Lipinski definition) is 2. The van der Waals surface area contributed by atoms with Gasteiger partial charge in [-0.25, -0.2) is 9.59 Å². The molecule has 0 radical (unpaired) electrons. The SMILES string of the molecule is O=C(O)C(=O)O.O=C(c1ccc(-c2ccccc2)cc1)N1CCN(Cc2ccccc2Cl)CC1. The van der Waals surface area contributed by atoms with E-state index >= 15 is 0 Å². The Balaban J connectivity index is 0.000000481. The number of nitrogens with zero attached hydrogens (tertiary/aromatic N) is 2. The van der Waals surface area contributed by atoms with Gasteiger partial charge in [0.1, 0.15) is 0 Å². The molecular weight excluding hydrogens is 456 g/mol. The summed E-state index contributed by atoms with van der Waals surface area (Å²) in [6.45, 7) is 4.03. The van der Waals surface area contributed by atoms with Gasteiger partial charge in [0.05, 0.1) is 0 Å². The fourth-order valence-corrected chi connectivity index (χ4v) is 3.79. The van der Waals surface area contributed by atoms with Gasteiger partial charge in [-0.2, -0.15) is 0 Å². The normalized spacial score (nSPS) is 13.5. The van der Waals surface area contributed by atoms with Gasteiger partial charge in [0.15, 0.2) is 0 Å². The van der Waals surface area contributed by atoms with E-state index in [0.717, 1.165) is 60.0 Å². The Labute approximate surface area is 202 Å². The van der Waals surface area contributed by atoms with Crippen molar-refractivity contribution in [3.8, 4) is 11.1 Å². The number of carboxylic acids is 2. The van der Waals surface area contributed by atoms with Crippen LogP contribution in [-0.4, -0.2) is 64.0 Å². The van der Waals surface area contributed by atoms with Gasteiger partial charge in [-0.05, 0) is 34.9 Å². The van der Waals surface area contributed by atoms with Crippen molar-refractivity contribution in [2.24, 2.45) is 0 Å². The standard InChI is InChI=1S/C24H23ClN2O.C2H2O4/c25-23-9-5-4-8-22(23)18-26-14-16-27(17-15-26)24(28)21-12-10-20(11-13-21)19-6-2-1-3-7-19;3-1(4)2(5)6/h1-13H,14-18H2;(H,3,4)(H,5,6). The molecule has 1 amide bonds. The van der Waals surface area contributed by atoms with Crippen LogP contribution in [0.4, 0.5) is 0 Å². The highest BCUT2D eigenvalue weighted by Gasteiger charge is 2.22. The Morgan fingerprint density at radius 1 is 0.706 bits per heavy atom. The van der Waals surface area contributed by atoms with Crippen molar-refractivity contribution in [1.29, 1.82) is 0 Å². The minimum absolute atomic E-state index is 0.108. The number of benzene rings is 3. The van der Waals surface area contributed by atoms with Gasteiger partial charge in [0.2, 0.25) is 0 Å². The number of aliphatic carboxylic acids is 2. The van der Waals surface area contributed by atoms with E-state index in [1.54, 1.807) is 0 Å². The molecule has 3 aromatic carbocycles. The van der Waals surface area contributed by atoms with Gasteiger partial charge in [-0.1, -0.05) is 72.3 Å². The Morgan fingerprint density at radius 3 is 1.79 bits per heavy atom. The van der Waals surface area contributed by atoms with Gasteiger partial charge in [-0.15, -0.1) is 0 Å². The van der Waals surface area contributed by atoms with Crippen LogP contribution >= 0.6 is 11.6 Å². The lowest BCUT2D eigenvalue weighted by atomic mass is 10.0. The van der Waals surface area contributed by atoms with E-state index in [1.807, 2.05) is 65.6 Å². The fraction of sp³-hybridized carbons (Fsp3) is 0.192. The number of piperazine rings is 1. The first kappa shape index (κ1) is 25.0. The highest BCUT2D eigenvalue weighted by atomic mass is 35.5. The third kappa shape index (κ3) is 6.91. The molecule has 7 nitrogen and oxygen atoms in total. The van der Waals surface area contributed by atoms with Crippen LogP contribution in [0, 0.1) is 0 Å². The van der Waals surface area contributed by atoms with E-state index in [-0.39, 0.29) is 5.91 Å². The monoisotopic (exact) mass is 480 g/mol. The van der Waals surface area contributed by atoms with Crippen LogP contribution in [0.2, 0.25) is 5.02 Å². The molecule has 2 N–H and O–H groups in total. The largest absolute Gasteiger partial charge is 0.473 e. The van der Waals surface area contributed by atoms with E-state index < -0.39 is 11.9 Å². The maximum Gasteiger partial charge on any atom is 0.414 e. The van der Waals surface area contributed by atoms with Crippen molar-refractivity contribution >= 4 is 29.4 Å². The second-order valence-electron chi connectivity index (χ2n) is 7.71. The molecule has 34 heavy (non-hydrogen) atoms. The number of carbonyl (C=O) groups is 3. The van der Waals surface area contributed by atoms with E-state index in [0.29, 0.717) is 0 Å². The smallest absolute Gasteiger partial charge is 0.414 e. The summed E-state index contributed by atoms with van der Waals surface area (Å²) in [6.07, 6.45) is 0. The van der Waals surface area contributed by atoms with Gasteiger partial charge in [0, 0.05) is 43.3 Å². The number of carbonyl (C=O) groups excluding carboxylic acids is 1. The molecule has 1 fully saturated rings. The lowest BCUT2D eigenvalue weighted by molar-refractivity contribution is -0.159. The van der Waals surface area contributed by atoms with E-state index in [2.05, 4.69) is 23.1 Å². The zero-order valence-corrected chi connectivity index (χ0v) is 19.2. The first-order valence-corrected chi connectivity index (χ1v) is 11.1. The van der Waals surface area contributed by atoms with Crippen LogP contribution in [0.5, 0.6) is 0 Å². The lowest BCUT2D eigenvalue weighted by Gasteiger charge is -2.35. The van der Waals surface area contributed by atoms with Crippen molar-refractivity contribution in [2.75, 3.05) is 26.2 Å². The molecule has 176 valence electrons. The first-order valence-electron chi connectivity index (χ1n) is 10.7. The summed E-state index contributed by atoms with van der Waals surface area (Å²) in [5.41, 5.74) is 4.18. The maximum absolute atomic E-state index is 12.9. The third-order valence-electron chi connectivity index (χ3n) is 5.43. The topological polar surface area (TPSA) is 98.1 Å².